The average Bonchev–Trinajstić information content (AvgIpc) is 3.29. The van der Waals surface area contributed by atoms with Crippen LogP contribution < -0.4 is 16.4 Å². The van der Waals surface area contributed by atoms with Crippen molar-refractivity contribution in [1.82, 2.24) is 0 Å². The van der Waals surface area contributed by atoms with Crippen LogP contribution in [0, 0.1) is 16.7 Å². The maximum Gasteiger partial charge on any atom is 0.228 e. The number of carbonyl (C=O) groups is 2. The molecule has 2 atom stereocenters. The molecule has 0 heterocycles. The third kappa shape index (κ3) is 5.70. The standard InChI is InChI=1S/C25H33N3O2/c1-24(2,3)15-21(29)27-18-10-6-16(7-11-18)22(26)17-8-12-19(13-9-17)28-23(30)20-14-25(20,4)5/h6-13,20,22H,14-15,26H2,1-5H3,(H,27,29)(H,28,30). The molecule has 0 saturated heterocycles. The van der Waals surface area contributed by atoms with Gasteiger partial charge in [-0.3, -0.25) is 9.59 Å². The molecule has 5 nitrogen and oxygen atoms in total. The first kappa shape index (κ1) is 22.0. The van der Waals surface area contributed by atoms with Gasteiger partial charge >= 0.3 is 0 Å². The fraction of sp³-hybridized carbons (Fsp3) is 0.440. The van der Waals surface area contributed by atoms with E-state index in [1.807, 2.05) is 69.3 Å². The topological polar surface area (TPSA) is 84.2 Å². The Bertz CT molecular complexity index is 909. The van der Waals surface area contributed by atoms with Crippen molar-refractivity contribution in [1.29, 1.82) is 0 Å². The van der Waals surface area contributed by atoms with Crippen molar-refractivity contribution < 1.29 is 9.59 Å². The number of nitrogens with two attached hydrogens (primary N) is 1. The molecular formula is C25H33N3O2. The van der Waals surface area contributed by atoms with Crippen LogP contribution in [0.1, 0.15) is 64.6 Å². The highest BCUT2D eigenvalue weighted by Crippen LogP contribution is 2.52. The molecule has 1 aliphatic carbocycles. The van der Waals surface area contributed by atoms with E-state index in [1.165, 1.54) is 0 Å². The maximum absolute atomic E-state index is 12.2. The number of carbonyl (C=O) groups excluding carboxylic acids is 2. The first-order valence-electron chi connectivity index (χ1n) is 10.5. The van der Waals surface area contributed by atoms with Gasteiger partial charge in [0.05, 0.1) is 6.04 Å². The first-order chi connectivity index (χ1) is 13.9. The molecule has 30 heavy (non-hydrogen) atoms. The molecule has 1 fully saturated rings. The first-order valence-corrected chi connectivity index (χ1v) is 10.5. The summed E-state index contributed by atoms with van der Waals surface area (Å²) in [5.74, 6) is 0.190. The van der Waals surface area contributed by atoms with E-state index in [-0.39, 0.29) is 34.6 Å². The Labute approximate surface area is 179 Å². The molecule has 3 rings (SSSR count). The minimum absolute atomic E-state index is 0.00627. The smallest absolute Gasteiger partial charge is 0.228 e. The van der Waals surface area contributed by atoms with Gasteiger partial charge in [-0.25, -0.2) is 0 Å². The number of rotatable bonds is 6. The second kappa shape index (κ2) is 8.23. The van der Waals surface area contributed by atoms with Gasteiger partial charge in [0.1, 0.15) is 0 Å². The third-order valence-electron chi connectivity index (χ3n) is 5.61. The summed E-state index contributed by atoms with van der Waals surface area (Å²) in [5, 5.41) is 5.92. The number of hydrogen-bond donors (Lipinski definition) is 3. The minimum Gasteiger partial charge on any atom is -0.326 e. The quantitative estimate of drug-likeness (QED) is 0.623. The Morgan fingerprint density at radius 3 is 1.80 bits per heavy atom. The highest BCUT2D eigenvalue weighted by atomic mass is 16.2. The van der Waals surface area contributed by atoms with Crippen molar-refractivity contribution in [3.05, 3.63) is 59.7 Å². The van der Waals surface area contributed by atoms with E-state index in [0.717, 1.165) is 28.9 Å². The van der Waals surface area contributed by atoms with Gasteiger partial charge in [-0.05, 0) is 52.6 Å². The van der Waals surface area contributed by atoms with Crippen LogP contribution in [-0.4, -0.2) is 11.8 Å². The molecule has 2 aromatic carbocycles. The average molecular weight is 408 g/mol. The Hall–Kier alpha value is -2.66. The maximum atomic E-state index is 12.2. The summed E-state index contributed by atoms with van der Waals surface area (Å²) >= 11 is 0. The molecule has 0 radical (unpaired) electrons. The number of benzene rings is 2. The molecule has 2 aromatic rings. The molecule has 0 bridgehead atoms. The summed E-state index contributed by atoms with van der Waals surface area (Å²) in [6.45, 7) is 10.3. The highest BCUT2D eigenvalue weighted by Gasteiger charge is 2.50. The highest BCUT2D eigenvalue weighted by molar-refractivity contribution is 5.95. The van der Waals surface area contributed by atoms with E-state index in [0.29, 0.717) is 6.42 Å². The van der Waals surface area contributed by atoms with Gasteiger partial charge in [0.25, 0.3) is 0 Å². The summed E-state index contributed by atoms with van der Waals surface area (Å²) in [5.41, 5.74) is 9.96. The van der Waals surface area contributed by atoms with Gasteiger partial charge in [-0.2, -0.15) is 0 Å². The van der Waals surface area contributed by atoms with Crippen LogP contribution in [0.5, 0.6) is 0 Å². The van der Waals surface area contributed by atoms with E-state index < -0.39 is 0 Å². The van der Waals surface area contributed by atoms with Crippen LogP contribution >= 0.6 is 0 Å². The number of nitrogens with one attached hydrogen (secondary N) is 2. The molecule has 4 N–H and O–H groups in total. The molecule has 0 aromatic heterocycles. The van der Waals surface area contributed by atoms with Gasteiger partial charge < -0.3 is 16.4 Å². The summed E-state index contributed by atoms with van der Waals surface area (Å²) in [4.78, 5) is 24.3. The predicted molar refractivity (Wildman–Crippen MR) is 122 cm³/mol. The fourth-order valence-corrected chi connectivity index (χ4v) is 3.57. The summed E-state index contributed by atoms with van der Waals surface area (Å²) in [6, 6.07) is 15.0. The number of anilines is 2. The van der Waals surface area contributed by atoms with Crippen LogP contribution in [0.4, 0.5) is 11.4 Å². The molecule has 2 unspecified atom stereocenters. The lowest BCUT2D eigenvalue weighted by Gasteiger charge is -2.18. The lowest BCUT2D eigenvalue weighted by molar-refractivity contribution is -0.118. The van der Waals surface area contributed by atoms with Crippen LogP contribution in [0.2, 0.25) is 0 Å². The van der Waals surface area contributed by atoms with Crippen molar-refractivity contribution in [2.24, 2.45) is 22.5 Å². The van der Waals surface area contributed by atoms with Crippen molar-refractivity contribution in [3.63, 3.8) is 0 Å². The number of amides is 2. The van der Waals surface area contributed by atoms with E-state index in [9.17, 15) is 9.59 Å². The molecular weight excluding hydrogens is 374 g/mol. The molecule has 160 valence electrons. The minimum atomic E-state index is -0.281. The van der Waals surface area contributed by atoms with Crippen molar-refractivity contribution in [2.75, 3.05) is 10.6 Å². The van der Waals surface area contributed by atoms with Gasteiger partial charge in [0, 0.05) is 23.7 Å². The van der Waals surface area contributed by atoms with Crippen LogP contribution in [0.15, 0.2) is 48.5 Å². The molecule has 0 aliphatic heterocycles. The second-order valence-electron chi connectivity index (χ2n) is 10.2. The zero-order valence-electron chi connectivity index (χ0n) is 18.6. The Kier molecular flexibility index (Phi) is 6.04. The molecule has 1 aliphatic rings. The fourth-order valence-electron chi connectivity index (χ4n) is 3.57. The third-order valence-corrected chi connectivity index (χ3v) is 5.61. The van der Waals surface area contributed by atoms with Crippen molar-refractivity contribution in [2.45, 2.75) is 53.5 Å². The zero-order chi connectivity index (χ0) is 22.1. The van der Waals surface area contributed by atoms with Gasteiger partial charge in [0.2, 0.25) is 11.8 Å². The van der Waals surface area contributed by atoms with E-state index >= 15 is 0 Å². The lowest BCUT2D eigenvalue weighted by atomic mass is 9.92. The Balaban J connectivity index is 1.59. The zero-order valence-corrected chi connectivity index (χ0v) is 18.6. The molecule has 0 spiro atoms. The van der Waals surface area contributed by atoms with Crippen LogP contribution in [0.3, 0.4) is 0 Å². The van der Waals surface area contributed by atoms with Crippen molar-refractivity contribution >= 4 is 23.2 Å². The molecule has 1 saturated carbocycles. The van der Waals surface area contributed by atoms with E-state index in [4.69, 9.17) is 5.73 Å². The van der Waals surface area contributed by atoms with E-state index in [1.54, 1.807) is 0 Å². The lowest BCUT2D eigenvalue weighted by Crippen LogP contribution is -2.19. The normalized spacial score (nSPS) is 18.4. The van der Waals surface area contributed by atoms with E-state index in [2.05, 4.69) is 24.5 Å². The molecule has 5 heteroatoms. The molecule has 2 amide bonds. The summed E-state index contributed by atoms with van der Waals surface area (Å²) in [6.07, 6.45) is 1.41. The van der Waals surface area contributed by atoms with Gasteiger partial charge in [0.15, 0.2) is 0 Å². The predicted octanol–water partition coefficient (Wildman–Crippen LogP) is 5.09. The van der Waals surface area contributed by atoms with Gasteiger partial charge in [-0.1, -0.05) is 58.9 Å². The monoisotopic (exact) mass is 407 g/mol. The Morgan fingerprint density at radius 1 is 0.967 bits per heavy atom. The summed E-state index contributed by atoms with van der Waals surface area (Å²) < 4.78 is 0. The van der Waals surface area contributed by atoms with Crippen LogP contribution in [-0.2, 0) is 9.59 Å². The number of hydrogen-bond acceptors (Lipinski definition) is 3. The van der Waals surface area contributed by atoms with Crippen molar-refractivity contribution in [3.8, 4) is 0 Å². The van der Waals surface area contributed by atoms with Gasteiger partial charge in [-0.15, -0.1) is 0 Å². The van der Waals surface area contributed by atoms with Crippen LogP contribution in [0.25, 0.3) is 0 Å². The second-order valence-corrected chi connectivity index (χ2v) is 10.2. The summed E-state index contributed by atoms with van der Waals surface area (Å²) in [7, 11) is 0. The Morgan fingerprint density at radius 2 is 1.40 bits per heavy atom. The SMILES string of the molecule is CC(C)(C)CC(=O)Nc1ccc(C(N)c2ccc(NC(=O)C3CC3(C)C)cc2)cc1. The largest absolute Gasteiger partial charge is 0.326 e.